The molecule has 0 aliphatic heterocycles. The van der Waals surface area contributed by atoms with E-state index in [1.165, 1.54) is 51.4 Å². The van der Waals surface area contributed by atoms with Crippen molar-refractivity contribution in [2.24, 2.45) is 0 Å². The Labute approximate surface area is 118 Å². The van der Waals surface area contributed by atoms with E-state index in [9.17, 15) is 8.42 Å². The lowest BCUT2D eigenvalue weighted by atomic mass is 10.1. The third-order valence-electron chi connectivity index (χ3n) is 3.00. The molecular formula is C14H28O4S. The molecule has 0 aromatic heterocycles. The van der Waals surface area contributed by atoms with Crippen molar-refractivity contribution in [1.29, 1.82) is 0 Å². The highest BCUT2D eigenvalue weighted by Gasteiger charge is 1.98. The molecule has 0 saturated carbocycles. The summed E-state index contributed by atoms with van der Waals surface area (Å²) in [4.78, 5) is 0. The summed E-state index contributed by atoms with van der Waals surface area (Å²) in [6, 6.07) is 0. The van der Waals surface area contributed by atoms with Crippen LogP contribution >= 0.6 is 0 Å². The van der Waals surface area contributed by atoms with Crippen molar-refractivity contribution in [3.63, 3.8) is 0 Å². The van der Waals surface area contributed by atoms with E-state index in [4.69, 9.17) is 4.55 Å². The van der Waals surface area contributed by atoms with Crippen LogP contribution in [0.2, 0.25) is 0 Å². The summed E-state index contributed by atoms with van der Waals surface area (Å²) in [6.45, 7) is 2.23. The number of unbranched alkanes of at least 4 members (excludes halogenated alkanes) is 10. The maximum Gasteiger partial charge on any atom is 0.445 e. The molecule has 0 radical (unpaired) electrons. The minimum atomic E-state index is -4.33. The van der Waals surface area contributed by atoms with Gasteiger partial charge in [0, 0.05) is 0 Å². The van der Waals surface area contributed by atoms with E-state index in [0.29, 0.717) is 0 Å². The van der Waals surface area contributed by atoms with Crippen LogP contribution < -0.4 is 0 Å². The SMILES string of the molecule is CCCCCCCCCCCC/C=C/OS(=O)(=O)O. The van der Waals surface area contributed by atoms with E-state index < -0.39 is 10.4 Å². The van der Waals surface area contributed by atoms with Crippen LogP contribution in [-0.4, -0.2) is 13.0 Å². The van der Waals surface area contributed by atoms with Gasteiger partial charge in [-0.3, -0.25) is 4.55 Å². The summed E-state index contributed by atoms with van der Waals surface area (Å²) in [5, 5.41) is 0. The summed E-state index contributed by atoms with van der Waals surface area (Å²) in [5.41, 5.74) is 0. The van der Waals surface area contributed by atoms with Crippen molar-refractivity contribution in [3.05, 3.63) is 12.3 Å². The van der Waals surface area contributed by atoms with Crippen molar-refractivity contribution in [3.8, 4) is 0 Å². The Morgan fingerprint density at radius 2 is 1.37 bits per heavy atom. The van der Waals surface area contributed by atoms with Crippen LogP contribution in [-0.2, 0) is 14.6 Å². The highest BCUT2D eigenvalue weighted by atomic mass is 32.3. The minimum absolute atomic E-state index is 0.784. The fourth-order valence-electron chi connectivity index (χ4n) is 1.93. The van der Waals surface area contributed by atoms with Gasteiger partial charge in [0.2, 0.25) is 0 Å². The molecule has 19 heavy (non-hydrogen) atoms. The molecule has 1 N–H and O–H groups in total. The first-order valence-corrected chi connectivity index (χ1v) is 8.73. The fraction of sp³-hybridized carbons (Fsp3) is 0.857. The van der Waals surface area contributed by atoms with Crippen LogP contribution in [0.15, 0.2) is 12.3 Å². The van der Waals surface area contributed by atoms with E-state index in [0.717, 1.165) is 25.5 Å². The van der Waals surface area contributed by atoms with Crippen molar-refractivity contribution < 1.29 is 17.2 Å². The molecule has 0 rings (SSSR count). The van der Waals surface area contributed by atoms with Crippen LogP contribution in [0.5, 0.6) is 0 Å². The summed E-state index contributed by atoms with van der Waals surface area (Å²) < 4.78 is 32.8. The van der Waals surface area contributed by atoms with E-state index in [1.54, 1.807) is 6.08 Å². The Kier molecular flexibility index (Phi) is 12.1. The van der Waals surface area contributed by atoms with Gasteiger partial charge >= 0.3 is 10.4 Å². The van der Waals surface area contributed by atoms with E-state index in [2.05, 4.69) is 11.1 Å². The topological polar surface area (TPSA) is 63.6 Å². The molecule has 0 aliphatic rings. The summed E-state index contributed by atoms with van der Waals surface area (Å²) in [5.74, 6) is 0. The van der Waals surface area contributed by atoms with Gasteiger partial charge in [-0.2, -0.15) is 8.42 Å². The Balaban J connectivity index is 3.15. The molecule has 0 spiro atoms. The van der Waals surface area contributed by atoms with Crippen molar-refractivity contribution >= 4 is 10.4 Å². The third-order valence-corrected chi connectivity index (χ3v) is 3.35. The standard InChI is InChI=1S/C14H28O4S/c1-2-3-4-5-6-7-8-9-10-11-12-13-14-18-19(15,16)17/h13-14H,2-12H2,1H3,(H,15,16,17)/b14-13+. The van der Waals surface area contributed by atoms with Gasteiger partial charge < -0.3 is 4.18 Å². The molecule has 0 bridgehead atoms. The Bertz CT molecular complexity index is 309. The van der Waals surface area contributed by atoms with Crippen molar-refractivity contribution in [2.75, 3.05) is 0 Å². The van der Waals surface area contributed by atoms with Crippen LogP contribution in [0.4, 0.5) is 0 Å². The van der Waals surface area contributed by atoms with Gasteiger partial charge in [0.25, 0.3) is 0 Å². The predicted molar refractivity (Wildman–Crippen MR) is 78.2 cm³/mol. The second kappa shape index (κ2) is 12.5. The third kappa shape index (κ3) is 17.4. The van der Waals surface area contributed by atoms with Gasteiger partial charge in [-0.25, -0.2) is 0 Å². The maximum absolute atomic E-state index is 10.2. The molecule has 5 heteroatoms. The molecule has 0 atom stereocenters. The van der Waals surface area contributed by atoms with Gasteiger partial charge in [-0.05, 0) is 18.9 Å². The molecule has 0 saturated heterocycles. The quantitative estimate of drug-likeness (QED) is 0.305. The van der Waals surface area contributed by atoms with Crippen molar-refractivity contribution in [1.82, 2.24) is 0 Å². The highest BCUT2D eigenvalue weighted by Crippen LogP contribution is 2.11. The number of hydrogen-bond donors (Lipinski definition) is 1. The Hall–Kier alpha value is -0.550. The normalized spacial score (nSPS) is 12.1. The molecule has 0 amide bonds. The van der Waals surface area contributed by atoms with Crippen LogP contribution in [0.3, 0.4) is 0 Å². The summed E-state index contributed by atoms with van der Waals surface area (Å²) in [7, 11) is -4.33. The van der Waals surface area contributed by atoms with Crippen LogP contribution in [0, 0.1) is 0 Å². The minimum Gasteiger partial charge on any atom is -0.370 e. The van der Waals surface area contributed by atoms with E-state index in [-0.39, 0.29) is 0 Å². The highest BCUT2D eigenvalue weighted by molar-refractivity contribution is 7.81. The number of hydrogen-bond acceptors (Lipinski definition) is 3. The largest absolute Gasteiger partial charge is 0.445 e. The smallest absolute Gasteiger partial charge is 0.370 e. The molecule has 0 aromatic rings. The zero-order valence-electron chi connectivity index (χ0n) is 12.0. The summed E-state index contributed by atoms with van der Waals surface area (Å²) >= 11 is 0. The van der Waals surface area contributed by atoms with Gasteiger partial charge in [0.05, 0.1) is 0 Å². The summed E-state index contributed by atoms with van der Waals surface area (Å²) in [6.07, 6.45) is 16.2. The van der Waals surface area contributed by atoms with E-state index >= 15 is 0 Å². The van der Waals surface area contributed by atoms with Gasteiger partial charge in [0.1, 0.15) is 6.26 Å². The zero-order valence-corrected chi connectivity index (χ0v) is 12.8. The maximum atomic E-state index is 10.2. The van der Waals surface area contributed by atoms with Gasteiger partial charge in [0.15, 0.2) is 0 Å². The second-order valence-corrected chi connectivity index (χ2v) is 5.91. The fourth-order valence-corrected chi connectivity index (χ4v) is 2.15. The molecular weight excluding hydrogens is 264 g/mol. The lowest BCUT2D eigenvalue weighted by Crippen LogP contribution is -1.96. The van der Waals surface area contributed by atoms with Gasteiger partial charge in [-0.1, -0.05) is 64.7 Å². The number of allylic oxidation sites excluding steroid dienone is 1. The Morgan fingerprint density at radius 1 is 0.895 bits per heavy atom. The lowest BCUT2D eigenvalue weighted by Gasteiger charge is -2.01. The molecule has 0 aliphatic carbocycles. The average molecular weight is 292 g/mol. The number of rotatable bonds is 13. The molecule has 4 nitrogen and oxygen atoms in total. The monoisotopic (exact) mass is 292 g/mol. The molecule has 0 aromatic carbocycles. The molecule has 114 valence electrons. The zero-order chi connectivity index (χ0) is 14.4. The van der Waals surface area contributed by atoms with Crippen LogP contribution in [0.1, 0.15) is 77.6 Å². The predicted octanol–water partition coefficient (Wildman–Crippen LogP) is 4.63. The second-order valence-electron chi connectivity index (χ2n) is 4.87. The van der Waals surface area contributed by atoms with Crippen molar-refractivity contribution in [2.45, 2.75) is 77.6 Å². The molecule has 0 unspecified atom stereocenters. The first-order valence-electron chi connectivity index (χ1n) is 7.37. The molecule has 0 fully saturated rings. The Morgan fingerprint density at radius 3 is 1.84 bits per heavy atom. The molecule has 0 heterocycles. The lowest BCUT2D eigenvalue weighted by molar-refractivity contribution is 0.355. The van der Waals surface area contributed by atoms with Gasteiger partial charge in [-0.15, -0.1) is 0 Å². The van der Waals surface area contributed by atoms with E-state index in [1.807, 2.05) is 0 Å². The van der Waals surface area contributed by atoms with Crippen LogP contribution in [0.25, 0.3) is 0 Å². The first-order chi connectivity index (χ1) is 9.06. The first kappa shape index (κ1) is 18.4. The average Bonchev–Trinajstić information content (AvgIpc) is 2.34.